The summed E-state index contributed by atoms with van der Waals surface area (Å²) in [6.45, 7) is 3.38. The molecule has 3 heteroatoms. The Kier molecular flexibility index (Phi) is 3.93. The zero-order chi connectivity index (χ0) is 11.4. The van der Waals surface area contributed by atoms with Crippen molar-refractivity contribution in [3.05, 3.63) is 35.4 Å². The molecule has 0 aromatic heterocycles. The first-order valence-corrected chi connectivity index (χ1v) is 5.73. The molecule has 1 unspecified atom stereocenters. The van der Waals surface area contributed by atoms with Crippen molar-refractivity contribution < 1.29 is 14.6 Å². The summed E-state index contributed by atoms with van der Waals surface area (Å²) >= 11 is 0. The van der Waals surface area contributed by atoms with Crippen molar-refractivity contribution in [3.63, 3.8) is 0 Å². The second-order valence-electron chi connectivity index (χ2n) is 4.17. The van der Waals surface area contributed by atoms with Crippen LogP contribution in [0.3, 0.4) is 0 Å². The topological polar surface area (TPSA) is 38.7 Å². The summed E-state index contributed by atoms with van der Waals surface area (Å²) in [5.74, 6) is 0. The molecule has 88 valence electrons. The molecule has 0 aliphatic carbocycles. The van der Waals surface area contributed by atoms with Crippen molar-refractivity contribution in [2.75, 3.05) is 13.2 Å². The van der Waals surface area contributed by atoms with Crippen molar-refractivity contribution in [2.45, 2.75) is 32.2 Å². The Balaban J connectivity index is 1.82. The summed E-state index contributed by atoms with van der Waals surface area (Å²) in [7, 11) is 0. The monoisotopic (exact) mass is 222 g/mol. The predicted molar refractivity (Wildman–Crippen MR) is 61.1 cm³/mol. The Morgan fingerprint density at radius 1 is 1.25 bits per heavy atom. The van der Waals surface area contributed by atoms with Gasteiger partial charge in [-0.1, -0.05) is 29.8 Å². The molecule has 0 radical (unpaired) electrons. The molecule has 1 aromatic carbocycles. The molecule has 0 saturated carbocycles. The van der Waals surface area contributed by atoms with E-state index in [4.69, 9.17) is 9.47 Å². The molecule has 2 rings (SSSR count). The quantitative estimate of drug-likeness (QED) is 0.848. The lowest BCUT2D eigenvalue weighted by Crippen LogP contribution is -2.09. The van der Waals surface area contributed by atoms with E-state index in [1.165, 1.54) is 5.56 Å². The molecule has 3 nitrogen and oxygen atoms in total. The van der Waals surface area contributed by atoms with Crippen LogP contribution in [0.4, 0.5) is 0 Å². The Morgan fingerprint density at radius 2 is 1.88 bits per heavy atom. The summed E-state index contributed by atoms with van der Waals surface area (Å²) in [5.41, 5.74) is 2.17. The fourth-order valence-corrected chi connectivity index (χ4v) is 1.82. The molecule has 1 atom stereocenters. The molecular formula is C13H18O3. The second kappa shape index (κ2) is 5.43. The Labute approximate surface area is 96.0 Å². The standard InChI is InChI=1S/C13H18O3/c1-10-2-4-11(5-3-10)12(14)6-7-13-15-8-9-16-13/h2-5,12-14H,6-9H2,1H3. The lowest BCUT2D eigenvalue weighted by molar-refractivity contribution is -0.0542. The van der Waals surface area contributed by atoms with Gasteiger partial charge in [-0.2, -0.15) is 0 Å². The van der Waals surface area contributed by atoms with Gasteiger partial charge in [-0.05, 0) is 18.9 Å². The zero-order valence-electron chi connectivity index (χ0n) is 9.56. The number of aliphatic hydroxyl groups is 1. The number of benzene rings is 1. The average Bonchev–Trinajstić information content (AvgIpc) is 2.80. The van der Waals surface area contributed by atoms with Crippen LogP contribution in [0, 0.1) is 6.92 Å². The maximum atomic E-state index is 9.96. The third kappa shape index (κ3) is 3.04. The van der Waals surface area contributed by atoms with E-state index >= 15 is 0 Å². The maximum absolute atomic E-state index is 9.96. The van der Waals surface area contributed by atoms with Crippen LogP contribution in [-0.4, -0.2) is 24.6 Å². The van der Waals surface area contributed by atoms with Crippen molar-refractivity contribution in [3.8, 4) is 0 Å². The normalized spacial score (nSPS) is 18.9. The fourth-order valence-electron chi connectivity index (χ4n) is 1.82. The Morgan fingerprint density at radius 3 is 2.50 bits per heavy atom. The van der Waals surface area contributed by atoms with Crippen LogP contribution in [0.1, 0.15) is 30.1 Å². The van der Waals surface area contributed by atoms with Gasteiger partial charge in [-0.15, -0.1) is 0 Å². The highest BCUT2D eigenvalue weighted by Gasteiger charge is 2.17. The molecule has 1 heterocycles. The van der Waals surface area contributed by atoms with E-state index < -0.39 is 6.10 Å². The van der Waals surface area contributed by atoms with Gasteiger partial charge in [0.25, 0.3) is 0 Å². The van der Waals surface area contributed by atoms with E-state index in [-0.39, 0.29) is 6.29 Å². The van der Waals surface area contributed by atoms with Gasteiger partial charge in [-0.25, -0.2) is 0 Å². The molecule has 1 N–H and O–H groups in total. The molecule has 0 bridgehead atoms. The Bertz CT molecular complexity index is 314. The minimum atomic E-state index is -0.423. The SMILES string of the molecule is Cc1ccc(C(O)CCC2OCCO2)cc1. The zero-order valence-corrected chi connectivity index (χ0v) is 9.56. The predicted octanol–water partition coefficient (Wildman–Crippen LogP) is 2.18. The number of ether oxygens (including phenoxy) is 2. The minimum absolute atomic E-state index is 0.125. The van der Waals surface area contributed by atoms with E-state index in [0.717, 1.165) is 12.0 Å². The molecule has 0 spiro atoms. The van der Waals surface area contributed by atoms with E-state index in [1.54, 1.807) is 0 Å². The van der Waals surface area contributed by atoms with Gasteiger partial charge >= 0.3 is 0 Å². The van der Waals surface area contributed by atoms with E-state index in [2.05, 4.69) is 0 Å². The number of hydrogen-bond donors (Lipinski definition) is 1. The molecule has 0 amide bonds. The summed E-state index contributed by atoms with van der Waals surface area (Å²) in [6.07, 6.45) is 0.872. The first kappa shape index (κ1) is 11.6. The van der Waals surface area contributed by atoms with Crippen LogP contribution < -0.4 is 0 Å². The Hall–Kier alpha value is -0.900. The van der Waals surface area contributed by atoms with E-state index in [0.29, 0.717) is 19.6 Å². The average molecular weight is 222 g/mol. The highest BCUT2D eigenvalue weighted by atomic mass is 16.7. The first-order valence-electron chi connectivity index (χ1n) is 5.73. The van der Waals surface area contributed by atoms with Crippen molar-refractivity contribution in [1.82, 2.24) is 0 Å². The highest BCUT2D eigenvalue weighted by Crippen LogP contribution is 2.21. The summed E-state index contributed by atoms with van der Waals surface area (Å²) in [6, 6.07) is 7.97. The maximum Gasteiger partial charge on any atom is 0.157 e. The molecule has 1 aromatic rings. The largest absolute Gasteiger partial charge is 0.388 e. The van der Waals surface area contributed by atoms with E-state index in [1.807, 2.05) is 31.2 Å². The van der Waals surface area contributed by atoms with Crippen LogP contribution in [-0.2, 0) is 9.47 Å². The van der Waals surface area contributed by atoms with Crippen LogP contribution >= 0.6 is 0 Å². The molecule has 1 saturated heterocycles. The smallest absolute Gasteiger partial charge is 0.157 e. The lowest BCUT2D eigenvalue weighted by atomic mass is 10.0. The van der Waals surface area contributed by atoms with Gasteiger partial charge in [0.15, 0.2) is 6.29 Å². The third-order valence-electron chi connectivity index (χ3n) is 2.83. The van der Waals surface area contributed by atoms with E-state index in [9.17, 15) is 5.11 Å². The minimum Gasteiger partial charge on any atom is -0.388 e. The van der Waals surface area contributed by atoms with Crippen LogP contribution in [0.2, 0.25) is 0 Å². The van der Waals surface area contributed by atoms with Gasteiger partial charge in [0, 0.05) is 6.42 Å². The number of hydrogen-bond acceptors (Lipinski definition) is 3. The van der Waals surface area contributed by atoms with Gasteiger partial charge in [0.1, 0.15) is 0 Å². The van der Waals surface area contributed by atoms with Crippen LogP contribution in [0.15, 0.2) is 24.3 Å². The van der Waals surface area contributed by atoms with Gasteiger partial charge in [-0.3, -0.25) is 0 Å². The van der Waals surface area contributed by atoms with Gasteiger partial charge < -0.3 is 14.6 Å². The molecule has 1 aliphatic heterocycles. The fraction of sp³-hybridized carbons (Fsp3) is 0.538. The van der Waals surface area contributed by atoms with Gasteiger partial charge in [0.2, 0.25) is 0 Å². The number of aryl methyl sites for hydroxylation is 1. The van der Waals surface area contributed by atoms with Crippen molar-refractivity contribution in [1.29, 1.82) is 0 Å². The molecular weight excluding hydrogens is 204 g/mol. The third-order valence-corrected chi connectivity index (χ3v) is 2.83. The second-order valence-corrected chi connectivity index (χ2v) is 4.17. The summed E-state index contributed by atoms with van der Waals surface area (Å²) < 4.78 is 10.6. The number of aliphatic hydroxyl groups excluding tert-OH is 1. The van der Waals surface area contributed by atoms with Crippen molar-refractivity contribution in [2.24, 2.45) is 0 Å². The van der Waals surface area contributed by atoms with Gasteiger partial charge in [0.05, 0.1) is 19.3 Å². The van der Waals surface area contributed by atoms with Crippen LogP contribution in [0.5, 0.6) is 0 Å². The van der Waals surface area contributed by atoms with Crippen LogP contribution in [0.25, 0.3) is 0 Å². The first-order chi connectivity index (χ1) is 7.75. The summed E-state index contributed by atoms with van der Waals surface area (Å²) in [4.78, 5) is 0. The van der Waals surface area contributed by atoms with Crippen molar-refractivity contribution >= 4 is 0 Å². The number of rotatable bonds is 4. The lowest BCUT2D eigenvalue weighted by Gasteiger charge is -2.13. The summed E-state index contributed by atoms with van der Waals surface area (Å²) in [5, 5.41) is 9.96. The highest BCUT2D eigenvalue weighted by molar-refractivity contribution is 5.22. The molecule has 1 fully saturated rings. The molecule has 1 aliphatic rings. The molecule has 16 heavy (non-hydrogen) atoms.